The minimum absolute atomic E-state index is 0.171. The molecule has 3 aromatic heterocycles. The number of amides is 1. The van der Waals surface area contributed by atoms with Gasteiger partial charge in [-0.15, -0.1) is 11.3 Å². The Morgan fingerprint density at radius 1 is 1.30 bits per heavy atom. The van der Waals surface area contributed by atoms with E-state index in [4.69, 9.17) is 0 Å². The van der Waals surface area contributed by atoms with Crippen molar-refractivity contribution >= 4 is 50.0 Å². The monoisotopic (exact) mass is 398 g/mol. The first-order valence-electron chi connectivity index (χ1n) is 8.26. The predicted molar refractivity (Wildman–Crippen MR) is 108 cm³/mol. The number of hydrogen-bond donors (Lipinski definition) is 0. The summed E-state index contributed by atoms with van der Waals surface area (Å²) in [5, 5.41) is 6.68. The molecule has 0 atom stereocenters. The lowest BCUT2D eigenvalue weighted by atomic mass is 10.3. The average Bonchev–Trinajstić information content (AvgIpc) is 3.41. The van der Waals surface area contributed by atoms with Crippen LogP contribution in [0.4, 0.5) is 9.52 Å². The zero-order chi connectivity index (χ0) is 18.6. The van der Waals surface area contributed by atoms with Crippen molar-refractivity contribution in [2.75, 3.05) is 11.4 Å². The van der Waals surface area contributed by atoms with Gasteiger partial charge in [0.1, 0.15) is 5.82 Å². The van der Waals surface area contributed by atoms with Crippen LogP contribution in [0.2, 0.25) is 0 Å². The molecule has 0 aliphatic carbocycles. The number of hydrogen-bond acceptors (Lipinski definition) is 5. The smallest absolute Gasteiger partial charge is 0.252 e. The Morgan fingerprint density at radius 2 is 2.22 bits per heavy atom. The summed E-state index contributed by atoms with van der Waals surface area (Å²) in [6.45, 7) is 0.952. The summed E-state index contributed by atoms with van der Waals surface area (Å²) in [5.41, 5.74) is 0.676. The van der Waals surface area contributed by atoms with Crippen molar-refractivity contribution in [3.8, 4) is 0 Å². The number of carbonyl (C=O) groups excluding carboxylic acids is 1. The SMILES string of the molecule is O=C(/C=C/c1cccs1)N(CCn1cccn1)c1nc2ccc(F)cc2s1. The lowest BCUT2D eigenvalue weighted by Crippen LogP contribution is -2.32. The molecule has 1 amide bonds. The van der Waals surface area contributed by atoms with Gasteiger partial charge in [-0.3, -0.25) is 14.4 Å². The largest absolute Gasteiger partial charge is 0.283 e. The van der Waals surface area contributed by atoms with Crippen LogP contribution < -0.4 is 4.90 Å². The Morgan fingerprint density at radius 3 is 3.00 bits per heavy atom. The number of halogens is 1. The maximum atomic E-state index is 13.5. The summed E-state index contributed by atoms with van der Waals surface area (Å²) in [6.07, 6.45) is 6.88. The molecule has 8 heteroatoms. The predicted octanol–water partition coefficient (Wildman–Crippen LogP) is 4.44. The van der Waals surface area contributed by atoms with Crippen molar-refractivity contribution < 1.29 is 9.18 Å². The van der Waals surface area contributed by atoms with E-state index in [2.05, 4.69) is 10.1 Å². The van der Waals surface area contributed by atoms with Gasteiger partial charge >= 0.3 is 0 Å². The normalized spacial score (nSPS) is 11.4. The van der Waals surface area contributed by atoms with E-state index < -0.39 is 0 Å². The molecule has 0 saturated carbocycles. The van der Waals surface area contributed by atoms with Crippen LogP contribution >= 0.6 is 22.7 Å². The third-order valence-corrected chi connectivity index (χ3v) is 5.76. The Bertz CT molecular complexity index is 1070. The summed E-state index contributed by atoms with van der Waals surface area (Å²) in [4.78, 5) is 20.0. The molecule has 0 unspecified atom stereocenters. The summed E-state index contributed by atoms with van der Waals surface area (Å²) in [7, 11) is 0. The Balaban J connectivity index is 1.62. The van der Waals surface area contributed by atoms with Crippen LogP contribution in [0.1, 0.15) is 4.88 Å². The molecule has 3 heterocycles. The highest BCUT2D eigenvalue weighted by Gasteiger charge is 2.18. The first-order chi connectivity index (χ1) is 13.2. The molecule has 0 bridgehead atoms. The number of fused-ring (bicyclic) bond motifs is 1. The zero-order valence-electron chi connectivity index (χ0n) is 14.2. The van der Waals surface area contributed by atoms with Gasteiger partial charge in [-0.1, -0.05) is 17.4 Å². The van der Waals surface area contributed by atoms with E-state index in [9.17, 15) is 9.18 Å². The molecule has 0 aliphatic rings. The van der Waals surface area contributed by atoms with E-state index in [1.165, 1.54) is 23.5 Å². The molecule has 0 N–H and O–H groups in total. The lowest BCUT2D eigenvalue weighted by Gasteiger charge is -2.18. The number of benzene rings is 1. The van der Waals surface area contributed by atoms with Crippen LogP contribution in [0.25, 0.3) is 16.3 Å². The highest BCUT2D eigenvalue weighted by Crippen LogP contribution is 2.29. The van der Waals surface area contributed by atoms with Crippen molar-refractivity contribution in [1.82, 2.24) is 14.8 Å². The zero-order valence-corrected chi connectivity index (χ0v) is 15.8. The van der Waals surface area contributed by atoms with Crippen molar-refractivity contribution in [2.45, 2.75) is 6.54 Å². The Labute approximate surface area is 163 Å². The summed E-state index contributed by atoms with van der Waals surface area (Å²) < 4.78 is 16.0. The van der Waals surface area contributed by atoms with Crippen LogP contribution in [0.15, 0.2) is 60.2 Å². The minimum atomic E-state index is -0.315. The molecule has 0 radical (unpaired) electrons. The maximum Gasteiger partial charge on any atom is 0.252 e. The highest BCUT2D eigenvalue weighted by molar-refractivity contribution is 7.22. The molecule has 0 spiro atoms. The number of thiazole rings is 1. The third kappa shape index (κ3) is 4.12. The molecule has 0 saturated heterocycles. The number of anilines is 1. The second-order valence-electron chi connectivity index (χ2n) is 5.72. The van der Waals surface area contributed by atoms with E-state index >= 15 is 0 Å². The lowest BCUT2D eigenvalue weighted by molar-refractivity contribution is -0.114. The second kappa shape index (κ2) is 7.81. The first kappa shape index (κ1) is 17.6. The topological polar surface area (TPSA) is 51.0 Å². The van der Waals surface area contributed by atoms with Crippen molar-refractivity contribution in [2.24, 2.45) is 0 Å². The van der Waals surface area contributed by atoms with E-state index in [-0.39, 0.29) is 11.7 Å². The fourth-order valence-electron chi connectivity index (χ4n) is 2.57. The van der Waals surface area contributed by atoms with Crippen molar-refractivity contribution in [3.63, 3.8) is 0 Å². The molecule has 0 aliphatic heterocycles. The van der Waals surface area contributed by atoms with Gasteiger partial charge in [0.2, 0.25) is 0 Å². The number of aromatic nitrogens is 3. The van der Waals surface area contributed by atoms with Gasteiger partial charge in [-0.2, -0.15) is 5.10 Å². The number of nitrogens with zero attached hydrogens (tertiary/aromatic N) is 4. The van der Waals surface area contributed by atoms with Gasteiger partial charge in [-0.05, 0) is 41.8 Å². The van der Waals surface area contributed by atoms with Gasteiger partial charge in [0.05, 0.1) is 16.8 Å². The van der Waals surface area contributed by atoms with E-state index in [1.807, 2.05) is 29.8 Å². The van der Waals surface area contributed by atoms with Crippen molar-refractivity contribution in [1.29, 1.82) is 0 Å². The Kier molecular flexibility index (Phi) is 5.08. The van der Waals surface area contributed by atoms with Crippen LogP contribution in [0.5, 0.6) is 0 Å². The molecule has 0 fully saturated rings. The number of rotatable bonds is 6. The van der Waals surface area contributed by atoms with Gasteiger partial charge in [0, 0.05) is 29.9 Å². The second-order valence-corrected chi connectivity index (χ2v) is 7.70. The summed E-state index contributed by atoms with van der Waals surface area (Å²) in [6, 6.07) is 10.2. The molecule has 136 valence electrons. The number of thiophene rings is 1. The quantitative estimate of drug-likeness (QED) is 0.451. The molecular weight excluding hydrogens is 383 g/mol. The van der Waals surface area contributed by atoms with Crippen LogP contribution in [0, 0.1) is 5.82 Å². The molecule has 1 aromatic carbocycles. The summed E-state index contributed by atoms with van der Waals surface area (Å²) >= 11 is 2.86. The van der Waals surface area contributed by atoms with Gasteiger partial charge < -0.3 is 0 Å². The molecule has 4 aromatic rings. The number of carbonyl (C=O) groups is 1. The molecule has 27 heavy (non-hydrogen) atoms. The van der Waals surface area contributed by atoms with E-state index in [0.29, 0.717) is 28.4 Å². The maximum absolute atomic E-state index is 13.5. The van der Waals surface area contributed by atoms with Gasteiger partial charge in [0.25, 0.3) is 5.91 Å². The fourth-order valence-corrected chi connectivity index (χ4v) is 4.21. The Hall–Kier alpha value is -2.84. The van der Waals surface area contributed by atoms with Crippen LogP contribution in [-0.4, -0.2) is 27.2 Å². The third-order valence-electron chi connectivity index (χ3n) is 3.88. The van der Waals surface area contributed by atoms with Gasteiger partial charge in [-0.25, -0.2) is 9.37 Å². The molecule has 4 rings (SSSR count). The first-order valence-corrected chi connectivity index (χ1v) is 9.95. The standard InChI is InChI=1S/C19H15FN4OS2/c20-14-4-6-16-17(13-14)27-19(22-16)24(11-10-23-9-2-8-21-23)18(25)7-5-15-3-1-12-26-15/h1-9,12-13H,10-11H2/b7-5+. The van der Waals surface area contributed by atoms with E-state index in [0.717, 1.165) is 4.88 Å². The molecule has 5 nitrogen and oxygen atoms in total. The van der Waals surface area contributed by atoms with Crippen LogP contribution in [-0.2, 0) is 11.3 Å². The van der Waals surface area contributed by atoms with Crippen LogP contribution in [0.3, 0.4) is 0 Å². The average molecular weight is 398 g/mol. The van der Waals surface area contributed by atoms with Crippen molar-refractivity contribution in [3.05, 3.63) is 70.9 Å². The van der Waals surface area contributed by atoms with E-state index in [1.54, 1.807) is 45.3 Å². The molecular formula is C19H15FN4OS2. The fraction of sp³-hybridized carbons (Fsp3) is 0.105. The summed E-state index contributed by atoms with van der Waals surface area (Å²) in [5.74, 6) is -0.486. The minimum Gasteiger partial charge on any atom is -0.283 e. The highest BCUT2D eigenvalue weighted by atomic mass is 32.1. The van der Waals surface area contributed by atoms with Gasteiger partial charge in [0.15, 0.2) is 5.13 Å².